The van der Waals surface area contributed by atoms with Crippen LogP contribution in [0.3, 0.4) is 0 Å². The Morgan fingerprint density at radius 2 is 1.62 bits per heavy atom. The number of nitrogens with zero attached hydrogens (tertiary/aromatic N) is 2. The molecular formula is C12H20N2O2. The van der Waals surface area contributed by atoms with Gasteiger partial charge in [-0.25, -0.2) is 0 Å². The Bertz CT molecular complexity index is 297. The molecule has 2 aliphatic rings. The maximum atomic E-state index is 11.5. The second-order valence-electron chi connectivity index (χ2n) is 6.07. The molecule has 2 saturated heterocycles. The van der Waals surface area contributed by atoms with Gasteiger partial charge >= 0.3 is 0 Å². The molecule has 2 amide bonds. The fourth-order valence-electron chi connectivity index (χ4n) is 2.51. The van der Waals surface area contributed by atoms with Crippen LogP contribution in [0.1, 0.15) is 33.6 Å². The highest BCUT2D eigenvalue weighted by atomic mass is 16.2. The molecule has 0 saturated carbocycles. The average molecular weight is 224 g/mol. The Kier molecular flexibility index (Phi) is 2.78. The summed E-state index contributed by atoms with van der Waals surface area (Å²) in [5.74, 6) is 0.0378. The van der Waals surface area contributed by atoms with Crippen LogP contribution in [0.2, 0.25) is 0 Å². The fourth-order valence-corrected chi connectivity index (χ4v) is 2.51. The zero-order valence-electron chi connectivity index (χ0n) is 10.3. The summed E-state index contributed by atoms with van der Waals surface area (Å²) in [6.45, 7) is 9.34. The second kappa shape index (κ2) is 3.84. The molecule has 2 fully saturated rings. The predicted octanol–water partition coefficient (Wildman–Crippen LogP) is 0.866. The average Bonchev–Trinajstić information content (AvgIpc) is 2.38. The van der Waals surface area contributed by atoms with E-state index in [2.05, 4.69) is 25.7 Å². The van der Waals surface area contributed by atoms with Gasteiger partial charge in [-0.3, -0.25) is 19.4 Å². The molecule has 2 rings (SSSR count). The normalized spacial score (nSPS) is 24.1. The number of likely N-dealkylation sites (tertiary alicyclic amines) is 2. The lowest BCUT2D eigenvalue weighted by Gasteiger charge is -2.45. The van der Waals surface area contributed by atoms with Crippen molar-refractivity contribution in [3.63, 3.8) is 0 Å². The molecule has 2 heterocycles. The maximum Gasteiger partial charge on any atom is 0.230 e. The van der Waals surface area contributed by atoms with Crippen molar-refractivity contribution in [2.45, 2.75) is 39.7 Å². The Labute approximate surface area is 96.6 Å². The molecule has 16 heavy (non-hydrogen) atoms. The summed E-state index contributed by atoms with van der Waals surface area (Å²) in [7, 11) is 0. The molecule has 4 nitrogen and oxygen atoms in total. The first-order valence-corrected chi connectivity index (χ1v) is 5.94. The zero-order valence-corrected chi connectivity index (χ0v) is 10.3. The molecule has 2 aliphatic heterocycles. The van der Waals surface area contributed by atoms with Crippen molar-refractivity contribution in [1.29, 1.82) is 0 Å². The minimum Gasteiger partial charge on any atom is -0.299 e. The lowest BCUT2D eigenvalue weighted by molar-refractivity contribution is -0.145. The van der Waals surface area contributed by atoms with Crippen molar-refractivity contribution in [3.8, 4) is 0 Å². The van der Waals surface area contributed by atoms with Gasteiger partial charge in [-0.05, 0) is 5.41 Å². The van der Waals surface area contributed by atoms with E-state index in [-0.39, 0.29) is 23.3 Å². The third kappa shape index (κ3) is 2.26. The molecule has 90 valence electrons. The van der Waals surface area contributed by atoms with Gasteiger partial charge in [-0.15, -0.1) is 0 Å². The SMILES string of the molecule is CC(C)(C)CN1CC(N2C(=O)CCC2=O)C1. The topological polar surface area (TPSA) is 40.6 Å². The highest BCUT2D eigenvalue weighted by molar-refractivity contribution is 6.02. The molecule has 0 spiro atoms. The number of hydrogen-bond donors (Lipinski definition) is 0. The molecule has 0 radical (unpaired) electrons. The van der Waals surface area contributed by atoms with Crippen LogP contribution >= 0.6 is 0 Å². The molecular weight excluding hydrogens is 204 g/mol. The van der Waals surface area contributed by atoms with Crippen molar-refractivity contribution in [1.82, 2.24) is 9.80 Å². The molecule has 0 N–H and O–H groups in total. The van der Waals surface area contributed by atoms with Crippen molar-refractivity contribution >= 4 is 11.8 Å². The quantitative estimate of drug-likeness (QED) is 0.653. The van der Waals surface area contributed by atoms with Crippen LogP contribution in [0.15, 0.2) is 0 Å². The summed E-state index contributed by atoms with van der Waals surface area (Å²) in [5.41, 5.74) is 0.282. The third-order valence-corrected chi connectivity index (χ3v) is 3.09. The summed E-state index contributed by atoms with van der Waals surface area (Å²) in [6.07, 6.45) is 0.823. The fraction of sp³-hybridized carbons (Fsp3) is 0.833. The lowest BCUT2D eigenvalue weighted by Crippen LogP contribution is -2.61. The van der Waals surface area contributed by atoms with E-state index in [0.29, 0.717) is 12.8 Å². The Morgan fingerprint density at radius 3 is 2.06 bits per heavy atom. The van der Waals surface area contributed by atoms with E-state index in [1.54, 1.807) is 0 Å². The van der Waals surface area contributed by atoms with Crippen LogP contribution < -0.4 is 0 Å². The molecule has 0 unspecified atom stereocenters. The van der Waals surface area contributed by atoms with E-state index in [0.717, 1.165) is 19.6 Å². The van der Waals surface area contributed by atoms with E-state index < -0.39 is 0 Å². The molecule has 4 heteroatoms. The molecule has 0 atom stereocenters. The van der Waals surface area contributed by atoms with Gasteiger partial charge in [0.25, 0.3) is 0 Å². The van der Waals surface area contributed by atoms with Crippen LogP contribution in [-0.4, -0.2) is 47.3 Å². The number of carbonyl (C=O) groups is 2. The smallest absolute Gasteiger partial charge is 0.230 e. The highest BCUT2D eigenvalue weighted by Gasteiger charge is 2.41. The summed E-state index contributed by atoms with van der Waals surface area (Å²) >= 11 is 0. The Hall–Kier alpha value is -0.900. The van der Waals surface area contributed by atoms with E-state index >= 15 is 0 Å². The van der Waals surface area contributed by atoms with Crippen molar-refractivity contribution in [2.24, 2.45) is 5.41 Å². The minimum absolute atomic E-state index is 0.0189. The van der Waals surface area contributed by atoms with Gasteiger partial charge in [0.05, 0.1) is 6.04 Å². The largest absolute Gasteiger partial charge is 0.299 e. The van der Waals surface area contributed by atoms with Crippen LogP contribution in [-0.2, 0) is 9.59 Å². The first kappa shape index (κ1) is 11.6. The van der Waals surface area contributed by atoms with Crippen LogP contribution in [0.5, 0.6) is 0 Å². The number of imide groups is 1. The monoisotopic (exact) mass is 224 g/mol. The van der Waals surface area contributed by atoms with Gasteiger partial charge in [0, 0.05) is 32.5 Å². The molecule has 0 aromatic heterocycles. The summed E-state index contributed by atoms with van der Waals surface area (Å²) in [4.78, 5) is 26.8. The highest BCUT2D eigenvalue weighted by Crippen LogP contribution is 2.25. The Balaban J connectivity index is 1.84. The van der Waals surface area contributed by atoms with Gasteiger partial charge < -0.3 is 0 Å². The molecule has 0 aromatic rings. The third-order valence-electron chi connectivity index (χ3n) is 3.09. The zero-order chi connectivity index (χ0) is 11.9. The summed E-state index contributed by atoms with van der Waals surface area (Å²) in [5, 5.41) is 0. The predicted molar refractivity (Wildman–Crippen MR) is 60.8 cm³/mol. The molecule has 0 aliphatic carbocycles. The van der Waals surface area contributed by atoms with E-state index in [9.17, 15) is 9.59 Å². The van der Waals surface area contributed by atoms with Crippen molar-refractivity contribution in [2.75, 3.05) is 19.6 Å². The maximum absolute atomic E-state index is 11.5. The number of carbonyl (C=O) groups excluding carboxylic acids is 2. The number of rotatable bonds is 2. The van der Waals surface area contributed by atoms with E-state index in [1.807, 2.05) is 0 Å². The minimum atomic E-state index is 0.0189. The van der Waals surface area contributed by atoms with Gasteiger partial charge in [0.1, 0.15) is 0 Å². The summed E-state index contributed by atoms with van der Waals surface area (Å²) in [6, 6.07) is 0.143. The molecule has 0 aromatic carbocycles. The van der Waals surface area contributed by atoms with Crippen LogP contribution in [0.25, 0.3) is 0 Å². The second-order valence-corrected chi connectivity index (χ2v) is 6.07. The van der Waals surface area contributed by atoms with E-state index in [4.69, 9.17) is 0 Å². The van der Waals surface area contributed by atoms with Crippen molar-refractivity contribution < 1.29 is 9.59 Å². The van der Waals surface area contributed by atoms with Gasteiger partial charge in [0.2, 0.25) is 11.8 Å². The first-order chi connectivity index (χ1) is 7.37. The number of hydrogen-bond acceptors (Lipinski definition) is 3. The first-order valence-electron chi connectivity index (χ1n) is 5.94. The van der Waals surface area contributed by atoms with Crippen LogP contribution in [0.4, 0.5) is 0 Å². The van der Waals surface area contributed by atoms with Gasteiger partial charge in [-0.2, -0.15) is 0 Å². The number of amides is 2. The molecule has 0 bridgehead atoms. The lowest BCUT2D eigenvalue weighted by atomic mass is 9.93. The van der Waals surface area contributed by atoms with Crippen LogP contribution in [0, 0.1) is 5.41 Å². The standard InChI is InChI=1S/C12H20N2O2/c1-12(2,3)8-13-6-9(7-13)14-10(15)4-5-11(14)16/h9H,4-8H2,1-3H3. The van der Waals surface area contributed by atoms with E-state index in [1.165, 1.54) is 4.90 Å². The van der Waals surface area contributed by atoms with Gasteiger partial charge in [-0.1, -0.05) is 20.8 Å². The summed E-state index contributed by atoms with van der Waals surface area (Å²) < 4.78 is 0. The Morgan fingerprint density at radius 1 is 1.12 bits per heavy atom. The van der Waals surface area contributed by atoms with Crippen molar-refractivity contribution in [3.05, 3.63) is 0 Å². The van der Waals surface area contributed by atoms with Gasteiger partial charge in [0.15, 0.2) is 0 Å².